The second-order valence-corrected chi connectivity index (χ2v) is 6.11. The Morgan fingerprint density at radius 2 is 1.76 bits per heavy atom. The van der Waals surface area contributed by atoms with E-state index in [1.54, 1.807) is 19.2 Å². The number of ether oxygens (including phenoxy) is 2. The number of aryl methyl sites for hydroxylation is 1. The molecular formula is C20H22N2O3. The molecule has 1 heterocycles. The van der Waals surface area contributed by atoms with Gasteiger partial charge in [0.25, 0.3) is 0 Å². The van der Waals surface area contributed by atoms with Crippen molar-refractivity contribution in [3.63, 3.8) is 0 Å². The van der Waals surface area contributed by atoms with Crippen LogP contribution in [0.1, 0.15) is 36.1 Å². The fourth-order valence-corrected chi connectivity index (χ4v) is 3.04. The third-order valence-electron chi connectivity index (χ3n) is 4.41. The molecule has 0 fully saturated rings. The Morgan fingerprint density at radius 1 is 1.08 bits per heavy atom. The molecule has 1 atom stereocenters. The van der Waals surface area contributed by atoms with Crippen molar-refractivity contribution in [3.05, 3.63) is 59.2 Å². The molecule has 0 aliphatic carbocycles. The molecule has 0 bridgehead atoms. The van der Waals surface area contributed by atoms with Gasteiger partial charge in [-0.1, -0.05) is 35.9 Å². The number of hydrogen-bond acceptors (Lipinski definition) is 4. The average molecular weight is 338 g/mol. The predicted octanol–water partition coefficient (Wildman–Crippen LogP) is 3.71. The summed E-state index contributed by atoms with van der Waals surface area (Å²) in [5.41, 5.74) is 4.12. The highest BCUT2D eigenvalue weighted by molar-refractivity contribution is 6.03. The summed E-state index contributed by atoms with van der Waals surface area (Å²) in [5.74, 6) is 1.23. The molecule has 2 aromatic rings. The minimum absolute atomic E-state index is 0.0816. The SMILES string of the molecule is COc1ccc(C2CC(c3ccc(C)cc3)=NN2C(C)=O)cc1OC. The van der Waals surface area contributed by atoms with Gasteiger partial charge in [-0.2, -0.15) is 5.10 Å². The summed E-state index contributed by atoms with van der Waals surface area (Å²) in [6.07, 6.45) is 0.665. The van der Waals surface area contributed by atoms with Gasteiger partial charge in [-0.25, -0.2) is 5.01 Å². The lowest BCUT2D eigenvalue weighted by atomic mass is 9.97. The van der Waals surface area contributed by atoms with E-state index in [0.717, 1.165) is 16.8 Å². The predicted molar refractivity (Wildman–Crippen MR) is 97.1 cm³/mol. The van der Waals surface area contributed by atoms with E-state index in [4.69, 9.17) is 9.47 Å². The van der Waals surface area contributed by atoms with Crippen molar-refractivity contribution in [1.82, 2.24) is 5.01 Å². The summed E-state index contributed by atoms with van der Waals surface area (Å²) in [5, 5.41) is 6.12. The third-order valence-corrected chi connectivity index (χ3v) is 4.41. The molecule has 0 radical (unpaired) electrons. The van der Waals surface area contributed by atoms with Crippen LogP contribution in [0.2, 0.25) is 0 Å². The van der Waals surface area contributed by atoms with Crippen molar-refractivity contribution < 1.29 is 14.3 Å². The lowest BCUT2D eigenvalue weighted by Gasteiger charge is -2.21. The van der Waals surface area contributed by atoms with Crippen LogP contribution in [0.3, 0.4) is 0 Å². The molecule has 1 amide bonds. The highest BCUT2D eigenvalue weighted by Gasteiger charge is 2.31. The minimum atomic E-state index is -0.145. The molecule has 0 aromatic heterocycles. The third kappa shape index (κ3) is 3.36. The Bertz CT molecular complexity index is 812. The molecule has 5 heteroatoms. The van der Waals surface area contributed by atoms with Crippen molar-refractivity contribution >= 4 is 11.6 Å². The van der Waals surface area contributed by atoms with Crippen molar-refractivity contribution in [1.29, 1.82) is 0 Å². The number of hydrogen-bond donors (Lipinski definition) is 0. The van der Waals surface area contributed by atoms with Crippen LogP contribution < -0.4 is 9.47 Å². The van der Waals surface area contributed by atoms with Crippen LogP contribution in [0.4, 0.5) is 0 Å². The van der Waals surface area contributed by atoms with Gasteiger partial charge in [-0.15, -0.1) is 0 Å². The maximum atomic E-state index is 12.1. The number of nitrogens with zero attached hydrogens (tertiary/aromatic N) is 2. The molecule has 5 nitrogen and oxygen atoms in total. The second-order valence-electron chi connectivity index (χ2n) is 6.11. The van der Waals surface area contributed by atoms with Gasteiger partial charge in [0.15, 0.2) is 11.5 Å². The first kappa shape index (κ1) is 17.0. The van der Waals surface area contributed by atoms with Gasteiger partial charge in [0.1, 0.15) is 0 Å². The first-order valence-corrected chi connectivity index (χ1v) is 8.19. The van der Waals surface area contributed by atoms with E-state index in [1.165, 1.54) is 12.5 Å². The maximum absolute atomic E-state index is 12.1. The van der Waals surface area contributed by atoms with Gasteiger partial charge in [0.2, 0.25) is 5.91 Å². The monoisotopic (exact) mass is 338 g/mol. The zero-order chi connectivity index (χ0) is 18.0. The number of methoxy groups -OCH3 is 2. The van der Waals surface area contributed by atoms with Crippen LogP contribution in [0, 0.1) is 6.92 Å². The van der Waals surface area contributed by atoms with Gasteiger partial charge in [-0.05, 0) is 30.2 Å². The summed E-state index contributed by atoms with van der Waals surface area (Å²) in [6.45, 7) is 3.59. The molecule has 3 rings (SSSR count). The number of carbonyl (C=O) groups excluding carboxylic acids is 1. The van der Waals surface area contributed by atoms with Gasteiger partial charge in [0.05, 0.1) is 26.0 Å². The van der Waals surface area contributed by atoms with Crippen LogP contribution in [0.5, 0.6) is 11.5 Å². The Labute approximate surface area is 147 Å². The highest BCUT2D eigenvalue weighted by Crippen LogP contribution is 2.37. The van der Waals surface area contributed by atoms with Crippen LogP contribution in [0.25, 0.3) is 0 Å². The zero-order valence-electron chi connectivity index (χ0n) is 14.9. The molecule has 0 saturated carbocycles. The first-order valence-electron chi connectivity index (χ1n) is 8.19. The van der Waals surface area contributed by atoms with E-state index < -0.39 is 0 Å². The first-order chi connectivity index (χ1) is 12.0. The fraction of sp³-hybridized carbons (Fsp3) is 0.300. The van der Waals surface area contributed by atoms with Crippen molar-refractivity contribution in [2.45, 2.75) is 26.3 Å². The molecule has 1 unspecified atom stereocenters. The van der Waals surface area contributed by atoms with Gasteiger partial charge in [0, 0.05) is 13.3 Å². The average Bonchev–Trinajstić information content (AvgIpc) is 3.07. The van der Waals surface area contributed by atoms with E-state index in [-0.39, 0.29) is 11.9 Å². The summed E-state index contributed by atoms with van der Waals surface area (Å²) in [6, 6.07) is 13.8. The van der Waals surface area contributed by atoms with Gasteiger partial charge < -0.3 is 9.47 Å². The Kier molecular flexibility index (Phi) is 4.74. The normalized spacial score (nSPS) is 16.6. The fourth-order valence-electron chi connectivity index (χ4n) is 3.04. The number of hydrazone groups is 1. The molecule has 0 saturated heterocycles. The van der Waals surface area contributed by atoms with Crippen molar-refractivity contribution in [2.75, 3.05) is 14.2 Å². The lowest BCUT2D eigenvalue weighted by molar-refractivity contribution is -0.130. The largest absolute Gasteiger partial charge is 0.493 e. The van der Waals surface area contributed by atoms with E-state index >= 15 is 0 Å². The maximum Gasteiger partial charge on any atom is 0.240 e. The molecule has 1 aliphatic rings. The summed E-state index contributed by atoms with van der Waals surface area (Å²) < 4.78 is 10.7. The molecule has 25 heavy (non-hydrogen) atoms. The Hall–Kier alpha value is -2.82. The van der Waals surface area contributed by atoms with E-state index in [9.17, 15) is 4.79 Å². The van der Waals surface area contributed by atoms with Gasteiger partial charge >= 0.3 is 0 Å². The standard InChI is InChI=1S/C20H22N2O3/c1-13-5-7-15(8-6-13)17-12-18(22(21-17)14(2)23)16-9-10-19(24-3)20(11-16)25-4/h5-11,18H,12H2,1-4H3. The summed E-state index contributed by atoms with van der Waals surface area (Å²) in [7, 11) is 3.21. The van der Waals surface area contributed by atoms with Crippen molar-refractivity contribution in [3.8, 4) is 11.5 Å². The zero-order valence-corrected chi connectivity index (χ0v) is 14.9. The number of amides is 1. The van der Waals surface area contributed by atoms with Crippen LogP contribution in [-0.4, -0.2) is 30.8 Å². The topological polar surface area (TPSA) is 51.1 Å². The number of rotatable bonds is 4. The highest BCUT2D eigenvalue weighted by atomic mass is 16.5. The molecular weight excluding hydrogens is 316 g/mol. The smallest absolute Gasteiger partial charge is 0.240 e. The number of carbonyl (C=O) groups is 1. The van der Waals surface area contributed by atoms with Crippen LogP contribution in [-0.2, 0) is 4.79 Å². The van der Waals surface area contributed by atoms with Crippen LogP contribution in [0.15, 0.2) is 47.6 Å². The molecule has 2 aromatic carbocycles. The number of benzene rings is 2. The van der Waals surface area contributed by atoms with Gasteiger partial charge in [-0.3, -0.25) is 4.79 Å². The lowest BCUT2D eigenvalue weighted by Crippen LogP contribution is -2.24. The molecule has 130 valence electrons. The quantitative estimate of drug-likeness (QED) is 0.854. The van der Waals surface area contributed by atoms with Crippen LogP contribution >= 0.6 is 0 Å². The Morgan fingerprint density at radius 3 is 2.36 bits per heavy atom. The molecule has 0 spiro atoms. The second kappa shape index (κ2) is 6.97. The summed E-state index contributed by atoms with van der Waals surface area (Å²) in [4.78, 5) is 12.1. The summed E-state index contributed by atoms with van der Waals surface area (Å²) >= 11 is 0. The van der Waals surface area contributed by atoms with E-state index in [1.807, 2.05) is 30.3 Å². The molecule has 1 aliphatic heterocycles. The minimum Gasteiger partial charge on any atom is -0.493 e. The van der Waals surface area contributed by atoms with E-state index in [0.29, 0.717) is 17.9 Å². The molecule has 0 N–H and O–H groups in total. The Balaban J connectivity index is 1.94. The van der Waals surface area contributed by atoms with Crippen molar-refractivity contribution in [2.24, 2.45) is 5.10 Å². The van der Waals surface area contributed by atoms with E-state index in [2.05, 4.69) is 24.2 Å².